The summed E-state index contributed by atoms with van der Waals surface area (Å²) in [6.07, 6.45) is 2.00. The highest BCUT2D eigenvalue weighted by molar-refractivity contribution is 5.76. The van der Waals surface area contributed by atoms with Crippen molar-refractivity contribution in [2.45, 2.75) is 32.7 Å². The molecule has 1 aromatic carbocycles. The fourth-order valence-corrected chi connectivity index (χ4v) is 2.14. The molecule has 1 aliphatic carbocycles. The molecule has 2 rings (SSSR count). The maximum Gasteiger partial charge on any atom is 0.325 e. The van der Waals surface area contributed by atoms with Gasteiger partial charge in [0.05, 0.1) is 11.5 Å². The third kappa shape index (κ3) is 3.26. The van der Waals surface area contributed by atoms with E-state index >= 15 is 0 Å². The molecular formula is C14H18N2O4. The maximum absolute atomic E-state index is 11.6. The van der Waals surface area contributed by atoms with Gasteiger partial charge in [-0.3, -0.25) is 14.9 Å². The van der Waals surface area contributed by atoms with Crippen molar-refractivity contribution in [2.75, 3.05) is 18.1 Å². The molecule has 0 aliphatic heterocycles. The lowest BCUT2D eigenvalue weighted by Crippen LogP contribution is -2.33. The van der Waals surface area contributed by atoms with E-state index in [1.165, 1.54) is 6.07 Å². The van der Waals surface area contributed by atoms with Crippen LogP contribution in [0.3, 0.4) is 0 Å². The Labute approximate surface area is 117 Å². The van der Waals surface area contributed by atoms with Gasteiger partial charge in [0.15, 0.2) is 0 Å². The average Bonchev–Trinajstić information content (AvgIpc) is 3.21. The van der Waals surface area contributed by atoms with Crippen molar-refractivity contribution in [1.29, 1.82) is 0 Å². The Morgan fingerprint density at radius 2 is 2.20 bits per heavy atom. The maximum atomic E-state index is 11.6. The summed E-state index contributed by atoms with van der Waals surface area (Å²) in [4.78, 5) is 24.1. The number of anilines is 1. The standard InChI is InChI=1S/C14H18N2O4/c1-3-20-14(17)9-15(11-6-7-11)12-5-4-10(2)13(8-12)16(18)19/h4-5,8,11H,3,6-7,9H2,1-2H3. The van der Waals surface area contributed by atoms with Gasteiger partial charge in [0.2, 0.25) is 0 Å². The summed E-state index contributed by atoms with van der Waals surface area (Å²) in [5, 5.41) is 11.0. The molecule has 0 saturated heterocycles. The average molecular weight is 278 g/mol. The molecule has 0 N–H and O–H groups in total. The van der Waals surface area contributed by atoms with Crippen LogP contribution >= 0.6 is 0 Å². The van der Waals surface area contributed by atoms with Gasteiger partial charge in [-0.15, -0.1) is 0 Å². The van der Waals surface area contributed by atoms with Crippen LogP contribution < -0.4 is 4.90 Å². The number of carbonyl (C=O) groups is 1. The van der Waals surface area contributed by atoms with Crippen molar-refractivity contribution < 1.29 is 14.5 Å². The molecular weight excluding hydrogens is 260 g/mol. The van der Waals surface area contributed by atoms with Gasteiger partial charge in [-0.05, 0) is 32.8 Å². The van der Waals surface area contributed by atoms with E-state index in [0.29, 0.717) is 17.9 Å². The minimum Gasteiger partial charge on any atom is -0.465 e. The number of carbonyl (C=O) groups excluding carboxylic acids is 1. The van der Waals surface area contributed by atoms with Crippen LogP contribution in [0, 0.1) is 17.0 Å². The molecule has 0 atom stereocenters. The number of ether oxygens (including phenoxy) is 1. The van der Waals surface area contributed by atoms with Crippen LogP contribution in [0.5, 0.6) is 0 Å². The molecule has 6 heteroatoms. The summed E-state index contributed by atoms with van der Waals surface area (Å²) < 4.78 is 4.96. The Hall–Kier alpha value is -2.11. The Morgan fingerprint density at radius 1 is 1.50 bits per heavy atom. The van der Waals surface area contributed by atoms with Crippen LogP contribution in [0.25, 0.3) is 0 Å². The number of benzene rings is 1. The molecule has 1 aliphatic rings. The van der Waals surface area contributed by atoms with E-state index in [1.54, 1.807) is 19.9 Å². The minimum absolute atomic E-state index is 0.0806. The van der Waals surface area contributed by atoms with E-state index in [4.69, 9.17) is 4.74 Å². The van der Waals surface area contributed by atoms with Gasteiger partial charge >= 0.3 is 5.97 Å². The van der Waals surface area contributed by atoms with Gasteiger partial charge in [0.1, 0.15) is 6.54 Å². The second kappa shape index (κ2) is 5.90. The molecule has 108 valence electrons. The van der Waals surface area contributed by atoms with Gasteiger partial charge in [-0.2, -0.15) is 0 Å². The van der Waals surface area contributed by atoms with E-state index in [0.717, 1.165) is 12.8 Å². The molecule has 1 aromatic rings. The highest BCUT2D eigenvalue weighted by Crippen LogP contribution is 2.34. The van der Waals surface area contributed by atoms with Gasteiger partial charge < -0.3 is 9.64 Å². The van der Waals surface area contributed by atoms with Gasteiger partial charge in [0, 0.05) is 23.4 Å². The van der Waals surface area contributed by atoms with Crippen LogP contribution in [0.2, 0.25) is 0 Å². The molecule has 1 saturated carbocycles. The van der Waals surface area contributed by atoms with E-state index in [-0.39, 0.29) is 24.2 Å². The molecule has 0 radical (unpaired) electrons. The zero-order chi connectivity index (χ0) is 14.7. The smallest absolute Gasteiger partial charge is 0.325 e. The van der Waals surface area contributed by atoms with E-state index in [2.05, 4.69) is 0 Å². The normalized spacial score (nSPS) is 13.9. The molecule has 6 nitrogen and oxygen atoms in total. The van der Waals surface area contributed by atoms with Crippen molar-refractivity contribution in [1.82, 2.24) is 0 Å². The Balaban J connectivity index is 2.23. The number of esters is 1. The van der Waals surface area contributed by atoms with Gasteiger partial charge in [-0.1, -0.05) is 6.07 Å². The first-order valence-corrected chi connectivity index (χ1v) is 6.70. The SMILES string of the molecule is CCOC(=O)CN(c1ccc(C)c([N+](=O)[O-])c1)C1CC1. The van der Waals surface area contributed by atoms with Gasteiger partial charge in [-0.25, -0.2) is 0 Å². The van der Waals surface area contributed by atoms with Crippen molar-refractivity contribution in [3.63, 3.8) is 0 Å². The predicted octanol–water partition coefficient (Wildman–Crippen LogP) is 2.44. The second-order valence-electron chi connectivity index (χ2n) is 4.89. The van der Waals surface area contributed by atoms with Crippen LogP contribution in [-0.2, 0) is 9.53 Å². The molecule has 0 spiro atoms. The number of nitrogens with zero attached hydrogens (tertiary/aromatic N) is 2. The number of nitro benzene ring substituents is 1. The van der Waals surface area contributed by atoms with Crippen molar-refractivity contribution >= 4 is 17.3 Å². The van der Waals surface area contributed by atoms with Crippen LogP contribution in [-0.4, -0.2) is 30.1 Å². The highest BCUT2D eigenvalue weighted by Gasteiger charge is 2.31. The lowest BCUT2D eigenvalue weighted by atomic mass is 10.1. The molecule has 20 heavy (non-hydrogen) atoms. The Kier molecular flexibility index (Phi) is 4.22. The number of rotatable bonds is 6. The zero-order valence-electron chi connectivity index (χ0n) is 11.7. The lowest BCUT2D eigenvalue weighted by Gasteiger charge is -2.23. The molecule has 0 heterocycles. The highest BCUT2D eigenvalue weighted by atomic mass is 16.6. The minimum atomic E-state index is -0.395. The third-order valence-corrected chi connectivity index (χ3v) is 3.31. The molecule has 0 unspecified atom stereocenters. The largest absolute Gasteiger partial charge is 0.465 e. The zero-order valence-corrected chi connectivity index (χ0v) is 11.7. The first kappa shape index (κ1) is 14.3. The first-order valence-electron chi connectivity index (χ1n) is 6.70. The number of hydrogen-bond donors (Lipinski definition) is 0. The van der Waals surface area contributed by atoms with Crippen LogP contribution in [0.4, 0.5) is 11.4 Å². The summed E-state index contributed by atoms with van der Waals surface area (Å²) in [6.45, 7) is 3.94. The topological polar surface area (TPSA) is 72.7 Å². The van der Waals surface area contributed by atoms with Crippen molar-refractivity contribution in [3.05, 3.63) is 33.9 Å². The van der Waals surface area contributed by atoms with E-state index in [1.807, 2.05) is 11.0 Å². The summed E-state index contributed by atoms with van der Waals surface area (Å²) >= 11 is 0. The second-order valence-corrected chi connectivity index (χ2v) is 4.89. The lowest BCUT2D eigenvalue weighted by molar-refractivity contribution is -0.385. The van der Waals surface area contributed by atoms with Crippen molar-refractivity contribution in [3.8, 4) is 0 Å². The third-order valence-electron chi connectivity index (χ3n) is 3.31. The fraction of sp³-hybridized carbons (Fsp3) is 0.500. The summed E-state index contributed by atoms with van der Waals surface area (Å²) in [6, 6.07) is 5.35. The van der Waals surface area contributed by atoms with Crippen LogP contribution in [0.15, 0.2) is 18.2 Å². The fourth-order valence-electron chi connectivity index (χ4n) is 2.14. The quantitative estimate of drug-likeness (QED) is 0.454. The summed E-state index contributed by atoms with van der Waals surface area (Å²) in [5.74, 6) is -0.303. The number of nitro groups is 1. The Morgan fingerprint density at radius 3 is 2.75 bits per heavy atom. The Bertz CT molecular complexity index is 526. The van der Waals surface area contributed by atoms with Crippen molar-refractivity contribution in [2.24, 2.45) is 0 Å². The predicted molar refractivity (Wildman–Crippen MR) is 74.8 cm³/mol. The monoisotopic (exact) mass is 278 g/mol. The molecule has 1 fully saturated rings. The van der Waals surface area contributed by atoms with Gasteiger partial charge in [0.25, 0.3) is 5.69 Å². The first-order chi connectivity index (χ1) is 9.52. The molecule has 0 bridgehead atoms. The molecule has 0 aromatic heterocycles. The molecule has 0 amide bonds. The number of aryl methyl sites for hydroxylation is 1. The van der Waals surface area contributed by atoms with Crippen LogP contribution in [0.1, 0.15) is 25.3 Å². The number of hydrogen-bond acceptors (Lipinski definition) is 5. The van der Waals surface area contributed by atoms with E-state index < -0.39 is 4.92 Å². The summed E-state index contributed by atoms with van der Waals surface area (Å²) in [7, 11) is 0. The van der Waals surface area contributed by atoms with E-state index in [9.17, 15) is 14.9 Å². The summed E-state index contributed by atoms with van der Waals surface area (Å²) in [5.41, 5.74) is 1.40.